The van der Waals surface area contributed by atoms with Crippen LogP contribution in [0.3, 0.4) is 0 Å². The lowest BCUT2D eigenvalue weighted by Crippen LogP contribution is -2.53. The van der Waals surface area contributed by atoms with Crippen molar-refractivity contribution in [3.05, 3.63) is 38.9 Å². The van der Waals surface area contributed by atoms with E-state index in [2.05, 4.69) is 0 Å². The van der Waals surface area contributed by atoms with Crippen molar-refractivity contribution in [2.45, 2.75) is 17.7 Å². The van der Waals surface area contributed by atoms with Crippen LogP contribution in [0.4, 0.5) is 5.69 Å². The summed E-state index contributed by atoms with van der Waals surface area (Å²) in [6, 6.07) is 3.87. The van der Waals surface area contributed by atoms with Crippen LogP contribution in [-0.2, 0) is 9.53 Å². The fourth-order valence-corrected chi connectivity index (χ4v) is 5.15. The summed E-state index contributed by atoms with van der Waals surface area (Å²) >= 11 is 7.72. The second-order valence-corrected chi connectivity index (χ2v) is 8.23. The lowest BCUT2D eigenvalue weighted by atomic mass is 10.0. The fourth-order valence-electron chi connectivity index (χ4n) is 3.53. The zero-order valence-corrected chi connectivity index (χ0v) is 16.4. The Labute approximate surface area is 165 Å². The Kier molecular flexibility index (Phi) is 5.92. The summed E-state index contributed by atoms with van der Waals surface area (Å²) in [4.78, 5) is 38.6. The molecule has 2 saturated heterocycles. The highest BCUT2D eigenvalue weighted by molar-refractivity contribution is 8.01. The van der Waals surface area contributed by atoms with Gasteiger partial charge in [0, 0.05) is 38.9 Å². The number of nitrogens with zero attached hydrogens (tertiary/aromatic N) is 3. The highest BCUT2D eigenvalue weighted by atomic mass is 35.5. The number of ether oxygens (including phenoxy) is 1. The van der Waals surface area contributed by atoms with E-state index in [1.807, 2.05) is 4.90 Å². The standard InChI is InChI=1S/C17H20ClN3O5S/c1-26-9-8-20-15(22)11-27-17(20)4-6-19(7-5-17)16(23)13-3-2-12(21(24)25)10-14(13)18/h2-3,10H,4-9,11H2,1H3. The van der Waals surface area contributed by atoms with Gasteiger partial charge in [-0.15, -0.1) is 11.8 Å². The first-order valence-corrected chi connectivity index (χ1v) is 9.91. The monoisotopic (exact) mass is 413 g/mol. The highest BCUT2D eigenvalue weighted by Gasteiger charge is 2.48. The van der Waals surface area contributed by atoms with Crippen molar-refractivity contribution in [2.75, 3.05) is 39.1 Å². The number of rotatable bonds is 5. The van der Waals surface area contributed by atoms with Crippen LogP contribution in [0.15, 0.2) is 18.2 Å². The molecule has 10 heteroatoms. The van der Waals surface area contributed by atoms with Gasteiger partial charge in [0.15, 0.2) is 0 Å². The Balaban J connectivity index is 1.69. The predicted molar refractivity (Wildman–Crippen MR) is 102 cm³/mol. The van der Waals surface area contributed by atoms with Crippen LogP contribution in [0.1, 0.15) is 23.2 Å². The van der Waals surface area contributed by atoms with E-state index in [-0.39, 0.29) is 33.0 Å². The average molecular weight is 414 g/mol. The molecule has 2 fully saturated rings. The number of nitro groups is 1. The number of halogens is 1. The fraction of sp³-hybridized carbons (Fsp3) is 0.529. The molecule has 1 aromatic carbocycles. The van der Waals surface area contributed by atoms with Gasteiger partial charge in [0.2, 0.25) is 5.91 Å². The third kappa shape index (κ3) is 3.90. The maximum atomic E-state index is 12.8. The van der Waals surface area contributed by atoms with Gasteiger partial charge in [0.25, 0.3) is 11.6 Å². The third-order valence-electron chi connectivity index (χ3n) is 5.00. The number of methoxy groups -OCH3 is 1. The minimum absolute atomic E-state index is 0.0710. The SMILES string of the molecule is COCCN1C(=O)CSC12CCN(C(=O)c1ccc([N+](=O)[O-])cc1Cl)CC2. The minimum atomic E-state index is -0.548. The number of hydrogen-bond donors (Lipinski definition) is 0. The predicted octanol–water partition coefficient (Wildman–Crippen LogP) is 2.40. The molecule has 2 aliphatic rings. The quantitative estimate of drug-likeness (QED) is 0.543. The molecular weight excluding hydrogens is 394 g/mol. The Hall–Kier alpha value is -1.84. The van der Waals surface area contributed by atoms with E-state index in [0.29, 0.717) is 44.8 Å². The van der Waals surface area contributed by atoms with Gasteiger partial charge in [0.05, 0.1) is 32.7 Å². The van der Waals surface area contributed by atoms with Gasteiger partial charge in [0.1, 0.15) is 0 Å². The topological polar surface area (TPSA) is 93.0 Å². The van der Waals surface area contributed by atoms with Gasteiger partial charge in [-0.3, -0.25) is 19.7 Å². The van der Waals surface area contributed by atoms with Gasteiger partial charge in [-0.25, -0.2) is 0 Å². The molecule has 0 bridgehead atoms. The van der Waals surface area contributed by atoms with E-state index in [0.717, 1.165) is 0 Å². The first-order chi connectivity index (χ1) is 12.9. The van der Waals surface area contributed by atoms with E-state index < -0.39 is 4.92 Å². The summed E-state index contributed by atoms with van der Waals surface area (Å²) < 4.78 is 5.11. The van der Waals surface area contributed by atoms with Crippen molar-refractivity contribution in [1.82, 2.24) is 9.80 Å². The summed E-state index contributed by atoms with van der Waals surface area (Å²) in [5.74, 6) is 0.309. The molecule has 2 aliphatic heterocycles. The van der Waals surface area contributed by atoms with Gasteiger partial charge < -0.3 is 14.5 Å². The van der Waals surface area contributed by atoms with Crippen molar-refractivity contribution < 1.29 is 19.2 Å². The van der Waals surface area contributed by atoms with Crippen molar-refractivity contribution >= 4 is 40.9 Å². The molecule has 8 nitrogen and oxygen atoms in total. The van der Waals surface area contributed by atoms with Gasteiger partial charge in [-0.2, -0.15) is 0 Å². The van der Waals surface area contributed by atoms with Gasteiger partial charge in [-0.1, -0.05) is 11.6 Å². The molecule has 146 valence electrons. The van der Waals surface area contributed by atoms with Crippen molar-refractivity contribution in [3.8, 4) is 0 Å². The summed E-state index contributed by atoms with van der Waals surface area (Å²) in [6.45, 7) is 2.02. The number of amides is 2. The van der Waals surface area contributed by atoms with E-state index >= 15 is 0 Å². The Bertz CT molecular complexity index is 767. The van der Waals surface area contributed by atoms with Crippen molar-refractivity contribution in [3.63, 3.8) is 0 Å². The summed E-state index contributed by atoms with van der Waals surface area (Å²) in [7, 11) is 1.61. The maximum Gasteiger partial charge on any atom is 0.270 e. The molecule has 3 rings (SSSR count). The van der Waals surface area contributed by atoms with Crippen LogP contribution in [0.5, 0.6) is 0 Å². The first kappa shape index (κ1) is 19.9. The number of benzene rings is 1. The molecule has 0 saturated carbocycles. The highest BCUT2D eigenvalue weighted by Crippen LogP contribution is 2.44. The zero-order valence-electron chi connectivity index (χ0n) is 14.9. The van der Waals surface area contributed by atoms with Crippen LogP contribution >= 0.6 is 23.4 Å². The molecule has 2 heterocycles. The third-order valence-corrected chi connectivity index (χ3v) is 6.87. The lowest BCUT2D eigenvalue weighted by molar-refractivity contribution is -0.384. The number of nitro benzene ring substituents is 1. The van der Waals surface area contributed by atoms with Gasteiger partial charge >= 0.3 is 0 Å². The van der Waals surface area contributed by atoms with Crippen LogP contribution in [-0.4, -0.2) is 70.5 Å². The average Bonchev–Trinajstić information content (AvgIpc) is 2.95. The van der Waals surface area contributed by atoms with E-state index in [4.69, 9.17) is 16.3 Å². The second-order valence-electron chi connectivity index (χ2n) is 6.49. The van der Waals surface area contributed by atoms with E-state index in [1.54, 1.807) is 23.8 Å². The number of thioether (sulfide) groups is 1. The van der Waals surface area contributed by atoms with Crippen LogP contribution in [0.25, 0.3) is 0 Å². The van der Waals surface area contributed by atoms with Crippen LogP contribution in [0, 0.1) is 10.1 Å². The number of hydrogen-bond acceptors (Lipinski definition) is 6. The van der Waals surface area contributed by atoms with Crippen LogP contribution < -0.4 is 0 Å². The number of piperidine rings is 1. The summed E-state index contributed by atoms with van der Waals surface area (Å²) in [6.07, 6.45) is 1.34. The molecule has 1 aromatic rings. The Morgan fingerprint density at radius 2 is 2.11 bits per heavy atom. The van der Waals surface area contributed by atoms with Crippen LogP contribution in [0.2, 0.25) is 5.02 Å². The summed E-state index contributed by atoms with van der Waals surface area (Å²) in [5.41, 5.74) is 0.105. The smallest absolute Gasteiger partial charge is 0.270 e. The largest absolute Gasteiger partial charge is 0.383 e. The normalized spacial score (nSPS) is 19.0. The minimum Gasteiger partial charge on any atom is -0.383 e. The number of carbonyl (C=O) groups is 2. The second kappa shape index (κ2) is 8.04. The molecular formula is C17H20ClN3O5S. The zero-order chi connectivity index (χ0) is 19.6. The van der Waals surface area contributed by atoms with Crippen molar-refractivity contribution in [2.24, 2.45) is 0 Å². The Morgan fingerprint density at radius 3 is 2.70 bits per heavy atom. The van der Waals surface area contributed by atoms with Crippen molar-refractivity contribution in [1.29, 1.82) is 0 Å². The molecule has 0 radical (unpaired) electrons. The molecule has 0 unspecified atom stereocenters. The van der Waals surface area contributed by atoms with E-state index in [9.17, 15) is 19.7 Å². The molecule has 1 spiro atoms. The molecule has 0 atom stereocenters. The molecule has 0 aromatic heterocycles. The number of carbonyl (C=O) groups excluding carboxylic acids is 2. The lowest BCUT2D eigenvalue weighted by Gasteiger charge is -2.44. The molecule has 27 heavy (non-hydrogen) atoms. The van der Waals surface area contributed by atoms with Gasteiger partial charge in [-0.05, 0) is 18.9 Å². The summed E-state index contributed by atoms with van der Waals surface area (Å²) in [5, 5.41) is 10.9. The number of non-ortho nitro benzene ring substituents is 1. The van der Waals surface area contributed by atoms with E-state index in [1.165, 1.54) is 18.2 Å². The number of likely N-dealkylation sites (tertiary alicyclic amines) is 1. The maximum absolute atomic E-state index is 12.8. The first-order valence-electron chi connectivity index (χ1n) is 8.54. The molecule has 0 N–H and O–H groups in total. The Morgan fingerprint density at radius 1 is 1.41 bits per heavy atom. The molecule has 0 aliphatic carbocycles. The molecule has 2 amide bonds.